The van der Waals surface area contributed by atoms with Crippen LogP contribution in [0.2, 0.25) is 0 Å². The number of rotatable bonds is 5. The molecule has 1 atom stereocenters. The summed E-state index contributed by atoms with van der Waals surface area (Å²) in [6.07, 6.45) is 2.70. The van der Waals surface area contributed by atoms with E-state index in [-0.39, 0.29) is 30.1 Å². The predicted octanol–water partition coefficient (Wildman–Crippen LogP) is 3.69. The summed E-state index contributed by atoms with van der Waals surface area (Å²) in [6.45, 7) is 1.23. The topological polar surface area (TPSA) is 71.7 Å². The van der Waals surface area contributed by atoms with Crippen LogP contribution in [0.3, 0.4) is 0 Å². The summed E-state index contributed by atoms with van der Waals surface area (Å²) in [5.74, 6) is 2.34. The molecule has 0 aliphatic carbocycles. The van der Waals surface area contributed by atoms with Crippen molar-refractivity contribution in [3.8, 4) is 16.5 Å². The van der Waals surface area contributed by atoms with E-state index in [0.717, 1.165) is 22.7 Å². The first kappa shape index (κ1) is 19.7. The third kappa shape index (κ3) is 4.81. The maximum absolute atomic E-state index is 5.94. The second kappa shape index (κ2) is 9.23. The fourth-order valence-electron chi connectivity index (χ4n) is 2.87. The van der Waals surface area contributed by atoms with Gasteiger partial charge in [0.15, 0.2) is 5.96 Å². The van der Waals surface area contributed by atoms with Gasteiger partial charge in [0.25, 0.3) is 0 Å². The zero-order chi connectivity index (χ0) is 17.8. The number of nitrogens with one attached hydrogen (secondary N) is 2. The van der Waals surface area contributed by atoms with E-state index in [4.69, 9.17) is 9.15 Å². The summed E-state index contributed by atoms with van der Waals surface area (Å²) < 4.78 is 11.5. The number of halogens is 1. The lowest BCUT2D eigenvalue weighted by atomic mass is 10.1. The number of para-hydroxylation sites is 1. The van der Waals surface area contributed by atoms with Crippen LogP contribution < -0.4 is 15.4 Å². The second-order valence-electron chi connectivity index (χ2n) is 5.98. The van der Waals surface area contributed by atoms with Crippen LogP contribution in [0.4, 0.5) is 0 Å². The number of ether oxygens (including phenoxy) is 1. The summed E-state index contributed by atoms with van der Waals surface area (Å²) >= 11 is 1.61. The summed E-state index contributed by atoms with van der Waals surface area (Å²) in [4.78, 5) is 9.77. The molecule has 6 nitrogen and oxygen atoms in total. The molecule has 0 fully saturated rings. The van der Waals surface area contributed by atoms with Crippen LogP contribution in [-0.2, 0) is 13.0 Å². The standard InChI is InChI=1S/C19H20N4O2S.HI/c1-20-19(22-11-15-9-13-5-2-3-6-16(13)25-15)21-10-14-12-24-18(23-14)17-7-4-8-26-17;/h2-8,12,15H,9-11H2,1H3,(H2,20,21,22);1H. The van der Waals surface area contributed by atoms with Crippen molar-refractivity contribution in [3.05, 3.63) is 59.3 Å². The van der Waals surface area contributed by atoms with Crippen molar-refractivity contribution < 1.29 is 9.15 Å². The van der Waals surface area contributed by atoms with Gasteiger partial charge in [-0.25, -0.2) is 4.98 Å². The number of aliphatic imine (C=N–C) groups is 1. The fourth-order valence-corrected chi connectivity index (χ4v) is 3.53. The van der Waals surface area contributed by atoms with E-state index < -0.39 is 0 Å². The van der Waals surface area contributed by atoms with Crippen LogP contribution in [0.25, 0.3) is 10.8 Å². The number of hydrogen-bond donors (Lipinski definition) is 2. The number of oxazole rings is 1. The molecule has 1 aromatic carbocycles. The molecule has 1 unspecified atom stereocenters. The van der Waals surface area contributed by atoms with Crippen LogP contribution >= 0.6 is 35.3 Å². The van der Waals surface area contributed by atoms with Crippen molar-refractivity contribution >= 4 is 41.3 Å². The molecule has 1 aliphatic heterocycles. The van der Waals surface area contributed by atoms with Crippen LogP contribution in [0.15, 0.2) is 57.5 Å². The van der Waals surface area contributed by atoms with E-state index in [1.807, 2.05) is 35.7 Å². The van der Waals surface area contributed by atoms with E-state index in [1.165, 1.54) is 5.56 Å². The molecule has 0 bridgehead atoms. The molecule has 2 N–H and O–H groups in total. The van der Waals surface area contributed by atoms with Gasteiger partial charge in [-0.15, -0.1) is 35.3 Å². The molecular formula is C19H21IN4O2S. The van der Waals surface area contributed by atoms with Gasteiger partial charge < -0.3 is 19.8 Å². The summed E-state index contributed by atoms with van der Waals surface area (Å²) in [5, 5.41) is 8.57. The molecule has 2 aromatic heterocycles. The molecule has 0 radical (unpaired) electrons. The Morgan fingerprint density at radius 1 is 1.26 bits per heavy atom. The van der Waals surface area contributed by atoms with Crippen molar-refractivity contribution in [1.82, 2.24) is 15.6 Å². The first-order valence-electron chi connectivity index (χ1n) is 8.49. The van der Waals surface area contributed by atoms with Crippen molar-refractivity contribution in [1.29, 1.82) is 0 Å². The molecule has 4 rings (SSSR count). The molecule has 0 spiro atoms. The lowest BCUT2D eigenvalue weighted by molar-refractivity contribution is 0.235. The first-order valence-corrected chi connectivity index (χ1v) is 9.37. The van der Waals surface area contributed by atoms with E-state index in [9.17, 15) is 0 Å². The number of thiophene rings is 1. The summed E-state index contributed by atoms with van der Waals surface area (Å²) in [6, 6.07) is 12.1. The zero-order valence-electron chi connectivity index (χ0n) is 14.8. The highest BCUT2D eigenvalue weighted by atomic mass is 127. The molecule has 142 valence electrons. The van der Waals surface area contributed by atoms with Crippen molar-refractivity contribution in [2.24, 2.45) is 4.99 Å². The van der Waals surface area contributed by atoms with E-state index in [2.05, 4.69) is 26.7 Å². The number of nitrogens with zero attached hydrogens (tertiary/aromatic N) is 2. The number of benzene rings is 1. The number of fused-ring (bicyclic) bond motifs is 1. The Morgan fingerprint density at radius 3 is 2.93 bits per heavy atom. The molecule has 8 heteroatoms. The largest absolute Gasteiger partial charge is 0.488 e. The van der Waals surface area contributed by atoms with Gasteiger partial charge in [-0.3, -0.25) is 4.99 Å². The lowest BCUT2D eigenvalue weighted by Crippen LogP contribution is -2.42. The van der Waals surface area contributed by atoms with Gasteiger partial charge in [-0.1, -0.05) is 24.3 Å². The minimum absolute atomic E-state index is 0. The highest BCUT2D eigenvalue weighted by molar-refractivity contribution is 14.0. The quantitative estimate of drug-likeness (QED) is 0.321. The normalized spacial score (nSPS) is 15.6. The Labute approximate surface area is 179 Å². The summed E-state index contributed by atoms with van der Waals surface area (Å²) in [7, 11) is 1.75. The maximum Gasteiger partial charge on any atom is 0.236 e. The minimum atomic E-state index is 0. The molecule has 0 saturated carbocycles. The first-order chi connectivity index (χ1) is 12.8. The van der Waals surface area contributed by atoms with Gasteiger partial charge in [0.1, 0.15) is 18.1 Å². The molecule has 1 aliphatic rings. The maximum atomic E-state index is 5.94. The SMILES string of the molecule is CN=C(NCc1coc(-c2cccs2)n1)NCC1Cc2ccccc2O1.I. The minimum Gasteiger partial charge on any atom is -0.488 e. The Morgan fingerprint density at radius 2 is 2.15 bits per heavy atom. The molecule has 0 amide bonds. The zero-order valence-corrected chi connectivity index (χ0v) is 18.0. The molecule has 3 heterocycles. The van der Waals surface area contributed by atoms with Crippen molar-refractivity contribution in [2.75, 3.05) is 13.6 Å². The van der Waals surface area contributed by atoms with E-state index in [1.54, 1.807) is 24.6 Å². The van der Waals surface area contributed by atoms with Gasteiger partial charge >= 0.3 is 0 Å². The third-order valence-corrected chi connectivity index (χ3v) is 5.01. The molecular weight excluding hydrogens is 475 g/mol. The lowest BCUT2D eigenvalue weighted by Gasteiger charge is -2.15. The van der Waals surface area contributed by atoms with Crippen molar-refractivity contribution in [2.45, 2.75) is 19.1 Å². The highest BCUT2D eigenvalue weighted by Crippen LogP contribution is 2.27. The summed E-state index contributed by atoms with van der Waals surface area (Å²) in [5.41, 5.74) is 2.09. The van der Waals surface area contributed by atoms with Gasteiger partial charge in [-0.2, -0.15) is 0 Å². The van der Waals surface area contributed by atoms with Crippen molar-refractivity contribution in [3.63, 3.8) is 0 Å². The van der Waals surface area contributed by atoms with Gasteiger partial charge in [0.2, 0.25) is 5.89 Å². The smallest absolute Gasteiger partial charge is 0.236 e. The number of aromatic nitrogens is 1. The number of guanidine groups is 1. The third-order valence-electron chi connectivity index (χ3n) is 4.16. The van der Waals surface area contributed by atoms with E-state index in [0.29, 0.717) is 24.9 Å². The Kier molecular flexibility index (Phi) is 6.73. The molecule has 0 saturated heterocycles. The molecule has 3 aromatic rings. The van der Waals surface area contributed by atoms with Gasteiger partial charge in [0.05, 0.1) is 23.7 Å². The average molecular weight is 496 g/mol. The fraction of sp³-hybridized carbons (Fsp3) is 0.263. The Bertz CT molecular complexity index is 870. The predicted molar refractivity (Wildman–Crippen MR) is 118 cm³/mol. The monoisotopic (exact) mass is 496 g/mol. The van der Waals surface area contributed by atoms with Crippen LogP contribution in [0.5, 0.6) is 5.75 Å². The Hall–Kier alpha value is -2.07. The van der Waals surface area contributed by atoms with Crippen LogP contribution in [0, 0.1) is 0 Å². The second-order valence-corrected chi connectivity index (χ2v) is 6.93. The van der Waals surface area contributed by atoms with Gasteiger partial charge in [-0.05, 0) is 23.1 Å². The van der Waals surface area contributed by atoms with E-state index >= 15 is 0 Å². The Balaban J connectivity index is 0.00000210. The molecule has 27 heavy (non-hydrogen) atoms. The highest BCUT2D eigenvalue weighted by Gasteiger charge is 2.22. The number of hydrogen-bond acceptors (Lipinski definition) is 5. The van der Waals surface area contributed by atoms with Crippen LogP contribution in [0.1, 0.15) is 11.3 Å². The average Bonchev–Trinajstić information content (AvgIpc) is 3.41. The van der Waals surface area contributed by atoms with Crippen LogP contribution in [-0.4, -0.2) is 30.6 Å². The van der Waals surface area contributed by atoms with Gasteiger partial charge in [0, 0.05) is 13.5 Å².